The van der Waals surface area contributed by atoms with Gasteiger partial charge in [0.25, 0.3) is 5.91 Å². The standard InChI is InChI=1S/C27H34N2O5/c1-19(2)15-29(16-20-6-7-23-24(14-20)33-13-12-32-23)27(30)25-18-28(9-11-31-25)17-22-5-3-4-21-8-10-34-26(21)22/h3-7,14,19,25H,8-13,15-18H2,1-2H3. The SMILES string of the molecule is CC(C)CN(Cc1ccc2c(c1)OCCO2)C(=O)C1CN(Cc2cccc3c2OCC3)CCO1. The Morgan fingerprint density at radius 3 is 2.76 bits per heavy atom. The number of benzene rings is 2. The molecule has 0 saturated carbocycles. The summed E-state index contributed by atoms with van der Waals surface area (Å²) in [6.07, 6.45) is 0.500. The van der Waals surface area contributed by atoms with E-state index < -0.39 is 6.10 Å². The fraction of sp³-hybridized carbons (Fsp3) is 0.519. The third-order valence-corrected chi connectivity index (χ3v) is 6.49. The lowest BCUT2D eigenvalue weighted by molar-refractivity contribution is -0.151. The van der Waals surface area contributed by atoms with E-state index in [2.05, 4.69) is 36.9 Å². The Morgan fingerprint density at radius 2 is 1.91 bits per heavy atom. The predicted molar refractivity (Wildman–Crippen MR) is 128 cm³/mol. The Bertz CT molecular complexity index is 1020. The summed E-state index contributed by atoms with van der Waals surface area (Å²) in [5, 5.41) is 0. The van der Waals surface area contributed by atoms with Gasteiger partial charge in [0.05, 0.1) is 13.2 Å². The van der Waals surface area contributed by atoms with Crippen molar-refractivity contribution in [1.82, 2.24) is 9.80 Å². The summed E-state index contributed by atoms with van der Waals surface area (Å²) < 4.78 is 23.2. The second-order valence-electron chi connectivity index (χ2n) is 9.69. The zero-order valence-corrected chi connectivity index (χ0v) is 20.1. The van der Waals surface area contributed by atoms with Gasteiger partial charge in [-0.3, -0.25) is 9.69 Å². The van der Waals surface area contributed by atoms with Crippen LogP contribution in [0.1, 0.15) is 30.5 Å². The fourth-order valence-electron chi connectivity index (χ4n) is 4.93. The number of hydrogen-bond donors (Lipinski definition) is 0. The van der Waals surface area contributed by atoms with Crippen LogP contribution in [-0.2, 0) is 29.0 Å². The van der Waals surface area contributed by atoms with Gasteiger partial charge in [-0.2, -0.15) is 0 Å². The van der Waals surface area contributed by atoms with Gasteiger partial charge in [-0.05, 0) is 29.2 Å². The summed E-state index contributed by atoms with van der Waals surface area (Å²) in [7, 11) is 0. The topological polar surface area (TPSA) is 60.5 Å². The van der Waals surface area contributed by atoms with Crippen LogP contribution >= 0.6 is 0 Å². The molecule has 0 bridgehead atoms. The molecular formula is C27H34N2O5. The number of rotatable bonds is 7. The highest BCUT2D eigenvalue weighted by Crippen LogP contribution is 2.32. The number of amides is 1. The zero-order valence-electron chi connectivity index (χ0n) is 20.1. The van der Waals surface area contributed by atoms with Crippen molar-refractivity contribution in [3.05, 3.63) is 53.1 Å². The average molecular weight is 467 g/mol. The Kier molecular flexibility index (Phi) is 6.92. The predicted octanol–water partition coefficient (Wildman–Crippen LogP) is 3.28. The Hall–Kier alpha value is -2.77. The molecule has 1 amide bonds. The third-order valence-electron chi connectivity index (χ3n) is 6.49. The van der Waals surface area contributed by atoms with Crippen molar-refractivity contribution < 1.29 is 23.7 Å². The molecule has 3 aliphatic rings. The van der Waals surface area contributed by atoms with E-state index in [-0.39, 0.29) is 5.91 Å². The number of morpholine rings is 1. The van der Waals surface area contributed by atoms with E-state index in [0.717, 1.165) is 48.9 Å². The number of carbonyl (C=O) groups excluding carboxylic acids is 1. The van der Waals surface area contributed by atoms with Crippen LogP contribution in [0.2, 0.25) is 0 Å². The monoisotopic (exact) mass is 466 g/mol. The minimum absolute atomic E-state index is 0.0443. The van der Waals surface area contributed by atoms with E-state index in [9.17, 15) is 4.79 Å². The van der Waals surface area contributed by atoms with E-state index in [0.29, 0.717) is 45.4 Å². The van der Waals surface area contributed by atoms with Crippen molar-refractivity contribution in [2.45, 2.75) is 39.5 Å². The summed E-state index contributed by atoms with van der Waals surface area (Å²) in [6.45, 7) is 10.0. The maximum atomic E-state index is 13.6. The molecule has 1 fully saturated rings. The first kappa shape index (κ1) is 23.0. The minimum Gasteiger partial charge on any atom is -0.493 e. The number of nitrogens with zero attached hydrogens (tertiary/aromatic N) is 2. The second-order valence-corrected chi connectivity index (χ2v) is 9.69. The van der Waals surface area contributed by atoms with Gasteiger partial charge in [-0.25, -0.2) is 0 Å². The maximum Gasteiger partial charge on any atom is 0.253 e. The molecular weight excluding hydrogens is 432 g/mol. The molecule has 1 saturated heterocycles. The van der Waals surface area contributed by atoms with Crippen LogP contribution in [-0.4, -0.2) is 67.9 Å². The number of hydrogen-bond acceptors (Lipinski definition) is 6. The van der Waals surface area contributed by atoms with Gasteiger partial charge in [0.2, 0.25) is 0 Å². The lowest BCUT2D eigenvalue weighted by Gasteiger charge is -2.36. The molecule has 3 heterocycles. The Labute approximate surface area is 201 Å². The van der Waals surface area contributed by atoms with Gasteiger partial charge in [0.1, 0.15) is 25.1 Å². The third kappa shape index (κ3) is 5.15. The van der Waals surface area contributed by atoms with Crippen molar-refractivity contribution in [2.75, 3.05) is 46.1 Å². The van der Waals surface area contributed by atoms with E-state index in [1.165, 1.54) is 11.1 Å². The summed E-state index contributed by atoms with van der Waals surface area (Å²) in [6, 6.07) is 12.3. The molecule has 5 rings (SSSR count). The highest BCUT2D eigenvalue weighted by molar-refractivity contribution is 5.81. The largest absolute Gasteiger partial charge is 0.493 e. The van der Waals surface area contributed by atoms with Gasteiger partial charge in [-0.15, -0.1) is 0 Å². The molecule has 2 aromatic rings. The number of para-hydroxylation sites is 1. The van der Waals surface area contributed by atoms with E-state index in [1.807, 2.05) is 23.1 Å². The van der Waals surface area contributed by atoms with E-state index >= 15 is 0 Å². The molecule has 0 aliphatic carbocycles. The number of fused-ring (bicyclic) bond motifs is 2. The maximum absolute atomic E-state index is 13.6. The van der Waals surface area contributed by atoms with Gasteiger partial charge >= 0.3 is 0 Å². The van der Waals surface area contributed by atoms with Crippen LogP contribution in [0, 0.1) is 5.92 Å². The van der Waals surface area contributed by atoms with Crippen LogP contribution in [0.15, 0.2) is 36.4 Å². The highest BCUT2D eigenvalue weighted by atomic mass is 16.6. The van der Waals surface area contributed by atoms with Gasteiger partial charge in [0, 0.05) is 44.7 Å². The quantitative estimate of drug-likeness (QED) is 0.624. The first-order chi connectivity index (χ1) is 16.6. The van der Waals surface area contributed by atoms with Crippen molar-refractivity contribution in [2.24, 2.45) is 5.92 Å². The van der Waals surface area contributed by atoms with Crippen LogP contribution in [0.25, 0.3) is 0 Å². The molecule has 0 N–H and O–H groups in total. The van der Waals surface area contributed by atoms with Crippen LogP contribution in [0.5, 0.6) is 17.2 Å². The molecule has 182 valence electrons. The molecule has 0 spiro atoms. The Morgan fingerprint density at radius 1 is 1.06 bits per heavy atom. The molecule has 7 heteroatoms. The van der Waals surface area contributed by atoms with Gasteiger partial charge in [-0.1, -0.05) is 38.1 Å². The van der Waals surface area contributed by atoms with Gasteiger partial charge < -0.3 is 23.8 Å². The Balaban J connectivity index is 1.27. The van der Waals surface area contributed by atoms with Crippen molar-refractivity contribution in [3.8, 4) is 17.2 Å². The van der Waals surface area contributed by atoms with Crippen molar-refractivity contribution >= 4 is 5.91 Å². The fourth-order valence-corrected chi connectivity index (χ4v) is 4.93. The lowest BCUT2D eigenvalue weighted by Crippen LogP contribution is -2.51. The lowest BCUT2D eigenvalue weighted by atomic mass is 10.1. The molecule has 1 atom stereocenters. The van der Waals surface area contributed by atoms with Crippen LogP contribution in [0.3, 0.4) is 0 Å². The summed E-state index contributed by atoms with van der Waals surface area (Å²) in [5.74, 6) is 2.93. The summed E-state index contributed by atoms with van der Waals surface area (Å²) in [4.78, 5) is 17.8. The number of carbonyl (C=O) groups is 1. The summed E-state index contributed by atoms with van der Waals surface area (Å²) >= 11 is 0. The van der Waals surface area contributed by atoms with Gasteiger partial charge in [0.15, 0.2) is 11.5 Å². The van der Waals surface area contributed by atoms with E-state index in [4.69, 9.17) is 18.9 Å². The molecule has 0 radical (unpaired) electrons. The molecule has 1 unspecified atom stereocenters. The second kappa shape index (κ2) is 10.2. The summed E-state index contributed by atoms with van der Waals surface area (Å²) in [5.41, 5.74) is 3.50. The molecule has 7 nitrogen and oxygen atoms in total. The molecule has 34 heavy (non-hydrogen) atoms. The molecule has 3 aliphatic heterocycles. The smallest absolute Gasteiger partial charge is 0.253 e. The zero-order chi connectivity index (χ0) is 23.5. The molecule has 0 aromatic heterocycles. The van der Waals surface area contributed by atoms with Crippen LogP contribution < -0.4 is 14.2 Å². The first-order valence-electron chi connectivity index (χ1n) is 12.3. The van der Waals surface area contributed by atoms with Crippen LogP contribution in [0.4, 0.5) is 0 Å². The first-order valence-corrected chi connectivity index (χ1v) is 12.3. The highest BCUT2D eigenvalue weighted by Gasteiger charge is 2.31. The minimum atomic E-state index is -0.470. The molecule has 2 aromatic carbocycles. The number of ether oxygens (including phenoxy) is 4. The van der Waals surface area contributed by atoms with Crippen molar-refractivity contribution in [3.63, 3.8) is 0 Å². The average Bonchev–Trinajstić information content (AvgIpc) is 3.33. The van der Waals surface area contributed by atoms with Crippen molar-refractivity contribution in [1.29, 1.82) is 0 Å². The normalized spacial score (nSPS) is 19.6. The van der Waals surface area contributed by atoms with E-state index in [1.54, 1.807) is 0 Å².